The molecule has 1 atom stereocenters. The molecule has 26 heavy (non-hydrogen) atoms. The lowest BCUT2D eigenvalue weighted by molar-refractivity contribution is -0.119. The predicted octanol–water partition coefficient (Wildman–Crippen LogP) is 2.28. The van der Waals surface area contributed by atoms with Crippen LogP contribution >= 0.6 is 0 Å². The Morgan fingerprint density at radius 3 is 2.50 bits per heavy atom. The van der Waals surface area contributed by atoms with Crippen molar-refractivity contribution in [3.8, 4) is 0 Å². The summed E-state index contributed by atoms with van der Waals surface area (Å²) in [5, 5.41) is 5.11. The summed E-state index contributed by atoms with van der Waals surface area (Å²) in [6.45, 7) is 2.18. The highest BCUT2D eigenvalue weighted by atomic mass is 19.1. The second kappa shape index (κ2) is 7.35. The molecule has 7 heteroatoms. The number of para-hydroxylation sites is 1. The molecule has 3 amide bonds. The summed E-state index contributed by atoms with van der Waals surface area (Å²) in [7, 11) is 1.60. The number of aliphatic imine (C=N–C) groups is 1. The van der Waals surface area contributed by atoms with Gasteiger partial charge in [-0.2, -0.15) is 0 Å². The molecule has 1 unspecified atom stereocenters. The highest BCUT2D eigenvalue weighted by Gasteiger charge is 2.31. The Bertz CT molecular complexity index is 881. The van der Waals surface area contributed by atoms with Crippen molar-refractivity contribution in [2.24, 2.45) is 4.99 Å². The number of urea groups is 1. The van der Waals surface area contributed by atoms with E-state index in [0.717, 1.165) is 0 Å². The van der Waals surface area contributed by atoms with Crippen molar-refractivity contribution in [2.45, 2.75) is 13.1 Å². The number of amides is 3. The lowest BCUT2D eigenvalue weighted by atomic mass is 10.00. The third kappa shape index (κ3) is 3.28. The minimum absolute atomic E-state index is 0.269. The molecule has 1 aliphatic heterocycles. The first-order chi connectivity index (χ1) is 12.5. The van der Waals surface area contributed by atoms with Crippen molar-refractivity contribution >= 4 is 23.3 Å². The first-order valence-electron chi connectivity index (χ1n) is 8.27. The Labute approximate surface area is 150 Å². The minimum atomic E-state index is -1.16. The highest BCUT2D eigenvalue weighted by Crippen LogP contribution is 2.27. The lowest BCUT2D eigenvalue weighted by Crippen LogP contribution is -2.49. The molecule has 0 bridgehead atoms. The summed E-state index contributed by atoms with van der Waals surface area (Å²) in [4.78, 5) is 30.5. The number of carbonyl (C=O) groups excluding carboxylic acids is 2. The van der Waals surface area contributed by atoms with Gasteiger partial charge < -0.3 is 15.5 Å². The maximum absolute atomic E-state index is 14.4. The largest absolute Gasteiger partial charge is 0.338 e. The summed E-state index contributed by atoms with van der Waals surface area (Å²) < 4.78 is 14.4. The third-order valence-electron chi connectivity index (χ3n) is 4.08. The SMILES string of the molecule is CCNC(=O)NC1N=C(c2ccccc2F)c2ccccc2N(C)C1=O. The van der Waals surface area contributed by atoms with E-state index in [1.165, 1.54) is 11.0 Å². The number of nitrogens with one attached hydrogen (secondary N) is 2. The number of fused-ring (bicyclic) bond motifs is 1. The average molecular weight is 354 g/mol. The minimum Gasteiger partial charge on any atom is -0.338 e. The molecule has 1 heterocycles. The molecular weight excluding hydrogens is 335 g/mol. The molecule has 0 saturated carbocycles. The number of hydrogen-bond donors (Lipinski definition) is 2. The van der Waals surface area contributed by atoms with E-state index < -0.39 is 23.9 Å². The molecule has 0 aliphatic carbocycles. The zero-order valence-electron chi connectivity index (χ0n) is 14.5. The maximum Gasteiger partial charge on any atom is 0.316 e. The molecule has 6 nitrogen and oxygen atoms in total. The molecule has 2 aromatic carbocycles. The van der Waals surface area contributed by atoms with Gasteiger partial charge in [-0.1, -0.05) is 30.3 Å². The van der Waals surface area contributed by atoms with Gasteiger partial charge in [-0.25, -0.2) is 14.2 Å². The average Bonchev–Trinajstić information content (AvgIpc) is 2.74. The quantitative estimate of drug-likeness (QED) is 0.887. The van der Waals surface area contributed by atoms with Gasteiger partial charge in [-0.15, -0.1) is 0 Å². The van der Waals surface area contributed by atoms with Crippen LogP contribution in [0.1, 0.15) is 18.1 Å². The van der Waals surface area contributed by atoms with Gasteiger partial charge in [0.05, 0.1) is 11.4 Å². The molecule has 2 N–H and O–H groups in total. The van der Waals surface area contributed by atoms with Crippen LogP contribution in [0.5, 0.6) is 0 Å². The Morgan fingerprint density at radius 1 is 1.15 bits per heavy atom. The van der Waals surface area contributed by atoms with Gasteiger partial charge in [0.2, 0.25) is 6.17 Å². The van der Waals surface area contributed by atoms with Gasteiger partial charge in [0.1, 0.15) is 5.82 Å². The second-order valence-corrected chi connectivity index (χ2v) is 5.78. The van der Waals surface area contributed by atoms with Crippen LogP contribution in [-0.2, 0) is 4.79 Å². The van der Waals surface area contributed by atoms with Gasteiger partial charge in [0.25, 0.3) is 5.91 Å². The molecule has 0 aromatic heterocycles. The third-order valence-corrected chi connectivity index (χ3v) is 4.08. The molecular formula is C19H19FN4O2. The van der Waals surface area contributed by atoms with E-state index in [1.807, 2.05) is 0 Å². The summed E-state index contributed by atoms with van der Waals surface area (Å²) in [6, 6.07) is 12.8. The van der Waals surface area contributed by atoms with Crippen molar-refractivity contribution in [3.63, 3.8) is 0 Å². The van der Waals surface area contributed by atoms with Gasteiger partial charge >= 0.3 is 6.03 Å². The number of likely N-dealkylation sites (N-methyl/N-ethyl adjacent to an activating group) is 1. The fourth-order valence-corrected chi connectivity index (χ4v) is 2.82. The van der Waals surface area contributed by atoms with Crippen LogP contribution in [0.15, 0.2) is 53.5 Å². The number of benzene rings is 2. The number of halogens is 1. The normalized spacial score (nSPS) is 16.4. The van der Waals surface area contributed by atoms with Crippen molar-refractivity contribution in [2.75, 3.05) is 18.5 Å². The highest BCUT2D eigenvalue weighted by molar-refractivity contribution is 6.20. The molecule has 1 aliphatic rings. The van der Waals surface area contributed by atoms with E-state index >= 15 is 0 Å². The summed E-state index contributed by atoms with van der Waals surface area (Å²) in [5.74, 6) is -0.857. The molecule has 0 radical (unpaired) electrons. The van der Waals surface area contributed by atoms with Crippen molar-refractivity contribution in [1.82, 2.24) is 10.6 Å². The zero-order chi connectivity index (χ0) is 18.7. The topological polar surface area (TPSA) is 73.8 Å². The van der Waals surface area contributed by atoms with Gasteiger partial charge in [0.15, 0.2) is 0 Å². The number of rotatable bonds is 3. The number of hydrogen-bond acceptors (Lipinski definition) is 3. The molecule has 0 saturated heterocycles. The van der Waals surface area contributed by atoms with Gasteiger partial charge in [-0.3, -0.25) is 4.79 Å². The number of nitrogens with zero attached hydrogens (tertiary/aromatic N) is 2. The number of anilines is 1. The predicted molar refractivity (Wildman–Crippen MR) is 97.9 cm³/mol. The van der Waals surface area contributed by atoms with Crippen LogP contribution < -0.4 is 15.5 Å². The molecule has 3 rings (SSSR count). The Kier molecular flexibility index (Phi) is 4.97. The van der Waals surface area contributed by atoms with Crippen LogP contribution in [0, 0.1) is 5.82 Å². The second-order valence-electron chi connectivity index (χ2n) is 5.78. The van der Waals surface area contributed by atoms with Crippen LogP contribution in [0.2, 0.25) is 0 Å². The van der Waals surface area contributed by atoms with Crippen LogP contribution in [-0.4, -0.2) is 37.4 Å². The molecule has 2 aromatic rings. The monoisotopic (exact) mass is 354 g/mol. The van der Waals surface area contributed by atoms with E-state index in [-0.39, 0.29) is 5.56 Å². The number of benzodiazepines with no additional fused rings is 1. The Hall–Kier alpha value is -3.22. The van der Waals surface area contributed by atoms with E-state index in [2.05, 4.69) is 15.6 Å². The first kappa shape index (κ1) is 17.6. The van der Waals surface area contributed by atoms with E-state index in [0.29, 0.717) is 23.5 Å². The summed E-state index contributed by atoms with van der Waals surface area (Å²) in [6.07, 6.45) is -1.16. The lowest BCUT2D eigenvalue weighted by Gasteiger charge is -2.20. The van der Waals surface area contributed by atoms with E-state index in [9.17, 15) is 14.0 Å². The fraction of sp³-hybridized carbons (Fsp3) is 0.211. The first-order valence-corrected chi connectivity index (χ1v) is 8.27. The van der Waals surface area contributed by atoms with Crippen LogP contribution in [0.4, 0.5) is 14.9 Å². The van der Waals surface area contributed by atoms with Gasteiger partial charge in [0, 0.05) is 24.7 Å². The maximum atomic E-state index is 14.4. The summed E-state index contributed by atoms with van der Waals surface area (Å²) >= 11 is 0. The number of carbonyl (C=O) groups is 2. The van der Waals surface area contributed by atoms with Crippen LogP contribution in [0.25, 0.3) is 0 Å². The van der Waals surface area contributed by atoms with E-state index in [1.54, 1.807) is 56.4 Å². The van der Waals surface area contributed by atoms with Gasteiger partial charge in [-0.05, 0) is 25.1 Å². The Morgan fingerprint density at radius 2 is 1.81 bits per heavy atom. The van der Waals surface area contributed by atoms with E-state index in [4.69, 9.17) is 0 Å². The molecule has 0 spiro atoms. The molecule has 134 valence electrons. The fourth-order valence-electron chi connectivity index (χ4n) is 2.82. The smallest absolute Gasteiger partial charge is 0.316 e. The van der Waals surface area contributed by atoms with Crippen molar-refractivity contribution in [3.05, 3.63) is 65.5 Å². The Balaban J connectivity index is 2.15. The zero-order valence-corrected chi connectivity index (χ0v) is 14.5. The van der Waals surface area contributed by atoms with Crippen molar-refractivity contribution < 1.29 is 14.0 Å². The van der Waals surface area contributed by atoms with Crippen molar-refractivity contribution in [1.29, 1.82) is 0 Å². The summed E-state index contributed by atoms with van der Waals surface area (Å²) in [5.41, 5.74) is 1.80. The van der Waals surface area contributed by atoms with Crippen LogP contribution in [0.3, 0.4) is 0 Å². The molecule has 0 fully saturated rings. The standard InChI is InChI=1S/C19H19FN4O2/c1-3-21-19(26)23-17-18(25)24(2)15-11-7-5-9-13(15)16(22-17)12-8-4-6-10-14(12)20/h4-11,17H,3H2,1-2H3,(H2,21,23,26).